The number of likely N-dealkylation sites (tertiary alicyclic amines) is 1. The molecule has 0 N–H and O–H groups in total. The molecule has 0 aliphatic carbocycles. The number of aryl methyl sites for hydroxylation is 2. The van der Waals surface area contributed by atoms with E-state index >= 15 is 0 Å². The Balaban J connectivity index is 1.82. The smallest absolute Gasteiger partial charge is 0.282 e. The molecule has 0 spiro atoms. The highest BCUT2D eigenvalue weighted by Gasteiger charge is 2.44. The molecule has 2 aliphatic rings. The number of hydrogen-bond donors (Lipinski definition) is 0. The Bertz CT molecular complexity index is 951. The molecule has 1 aromatic heterocycles. The number of anilines is 1. The second-order valence-electron chi connectivity index (χ2n) is 8.29. The molecule has 0 radical (unpaired) electrons. The third-order valence-electron chi connectivity index (χ3n) is 5.61. The summed E-state index contributed by atoms with van der Waals surface area (Å²) in [5.41, 5.74) is 3.87. The third kappa shape index (κ3) is 3.18. The molecule has 4 nitrogen and oxygen atoms in total. The van der Waals surface area contributed by atoms with E-state index in [1.165, 1.54) is 16.2 Å². The molecular formula is C23H26N2O2S. The van der Waals surface area contributed by atoms with Gasteiger partial charge in [-0.2, -0.15) is 0 Å². The fraction of sp³-hybridized carbons (Fsp3) is 0.391. The minimum Gasteiger partial charge on any atom is -0.366 e. The van der Waals surface area contributed by atoms with E-state index in [1.54, 1.807) is 0 Å². The lowest BCUT2D eigenvalue weighted by atomic mass is 9.91. The molecule has 1 fully saturated rings. The topological polar surface area (TPSA) is 40.6 Å². The first kappa shape index (κ1) is 18.9. The van der Waals surface area contributed by atoms with Crippen LogP contribution >= 0.6 is 11.3 Å². The first-order chi connectivity index (χ1) is 13.4. The molecule has 5 heteroatoms. The summed E-state index contributed by atoms with van der Waals surface area (Å²) >= 11 is 1.51. The highest BCUT2D eigenvalue weighted by atomic mass is 32.1. The SMILES string of the molecule is Cc1ccc(N2C(=O)C(c3cccs3)=C(N3CC(C)CC(C)C3)C2=O)c(C)c1. The van der Waals surface area contributed by atoms with Gasteiger partial charge in [0.15, 0.2) is 0 Å². The van der Waals surface area contributed by atoms with Gasteiger partial charge in [0.2, 0.25) is 0 Å². The Morgan fingerprint density at radius 2 is 1.71 bits per heavy atom. The molecule has 28 heavy (non-hydrogen) atoms. The number of carbonyl (C=O) groups excluding carboxylic acids is 2. The average Bonchev–Trinajstić information content (AvgIpc) is 3.21. The fourth-order valence-electron chi connectivity index (χ4n) is 4.58. The Hall–Kier alpha value is -2.40. The van der Waals surface area contributed by atoms with E-state index in [4.69, 9.17) is 0 Å². The van der Waals surface area contributed by atoms with E-state index in [1.807, 2.05) is 49.6 Å². The third-order valence-corrected chi connectivity index (χ3v) is 6.49. The zero-order valence-corrected chi connectivity index (χ0v) is 17.7. The van der Waals surface area contributed by atoms with Crippen LogP contribution in [0.3, 0.4) is 0 Å². The quantitative estimate of drug-likeness (QED) is 0.713. The number of piperidine rings is 1. The summed E-state index contributed by atoms with van der Waals surface area (Å²) < 4.78 is 0. The first-order valence-electron chi connectivity index (χ1n) is 9.86. The van der Waals surface area contributed by atoms with Crippen molar-refractivity contribution in [2.45, 2.75) is 34.1 Å². The van der Waals surface area contributed by atoms with Crippen LogP contribution in [0.25, 0.3) is 5.57 Å². The number of nitrogens with zero attached hydrogens (tertiary/aromatic N) is 2. The molecule has 1 saturated heterocycles. The van der Waals surface area contributed by atoms with Crippen LogP contribution in [-0.2, 0) is 9.59 Å². The predicted octanol–water partition coefficient (Wildman–Crippen LogP) is 4.63. The second-order valence-corrected chi connectivity index (χ2v) is 9.24. The van der Waals surface area contributed by atoms with Crippen LogP contribution < -0.4 is 4.90 Å². The van der Waals surface area contributed by atoms with Gasteiger partial charge in [-0.1, -0.05) is 37.6 Å². The van der Waals surface area contributed by atoms with Crippen LogP contribution in [0.2, 0.25) is 0 Å². The van der Waals surface area contributed by atoms with Crippen LogP contribution in [-0.4, -0.2) is 29.8 Å². The van der Waals surface area contributed by atoms with Crippen molar-refractivity contribution in [3.8, 4) is 0 Å². The van der Waals surface area contributed by atoms with Crippen molar-refractivity contribution in [1.82, 2.24) is 4.90 Å². The summed E-state index contributed by atoms with van der Waals surface area (Å²) in [4.78, 5) is 31.5. The van der Waals surface area contributed by atoms with E-state index in [0.717, 1.165) is 35.5 Å². The molecule has 2 aromatic rings. The Labute approximate surface area is 170 Å². The lowest BCUT2D eigenvalue weighted by Gasteiger charge is -2.37. The summed E-state index contributed by atoms with van der Waals surface area (Å²) in [6, 6.07) is 9.73. The lowest BCUT2D eigenvalue weighted by Crippen LogP contribution is -2.42. The monoisotopic (exact) mass is 394 g/mol. The average molecular weight is 395 g/mol. The van der Waals surface area contributed by atoms with Crippen molar-refractivity contribution in [3.63, 3.8) is 0 Å². The molecule has 2 unspecified atom stereocenters. The Morgan fingerprint density at radius 3 is 2.32 bits per heavy atom. The minimum absolute atomic E-state index is 0.193. The highest BCUT2D eigenvalue weighted by molar-refractivity contribution is 7.11. The zero-order valence-electron chi connectivity index (χ0n) is 16.9. The number of benzene rings is 1. The van der Waals surface area contributed by atoms with Crippen molar-refractivity contribution < 1.29 is 9.59 Å². The van der Waals surface area contributed by atoms with Crippen LogP contribution in [0, 0.1) is 25.7 Å². The number of rotatable bonds is 3. The zero-order chi connectivity index (χ0) is 20.0. The normalized spacial score (nSPS) is 23.1. The molecule has 2 aliphatic heterocycles. The van der Waals surface area contributed by atoms with Crippen LogP contribution in [0.5, 0.6) is 0 Å². The molecule has 1 aromatic carbocycles. The maximum atomic E-state index is 13.6. The van der Waals surface area contributed by atoms with Gasteiger partial charge in [-0.25, -0.2) is 4.90 Å². The van der Waals surface area contributed by atoms with Crippen LogP contribution in [0.15, 0.2) is 41.4 Å². The number of amides is 2. The molecule has 4 rings (SSSR count). The number of imide groups is 1. The number of thiophene rings is 1. The molecule has 0 saturated carbocycles. The number of carbonyl (C=O) groups is 2. The van der Waals surface area contributed by atoms with E-state index in [0.29, 0.717) is 28.8 Å². The van der Waals surface area contributed by atoms with E-state index in [9.17, 15) is 9.59 Å². The molecular weight excluding hydrogens is 368 g/mol. The van der Waals surface area contributed by atoms with Crippen molar-refractivity contribution in [3.05, 3.63) is 57.4 Å². The van der Waals surface area contributed by atoms with Gasteiger partial charge in [-0.05, 0) is 55.2 Å². The molecule has 2 amide bonds. The molecule has 0 bridgehead atoms. The van der Waals surface area contributed by atoms with E-state index in [-0.39, 0.29) is 11.8 Å². The van der Waals surface area contributed by atoms with Crippen molar-refractivity contribution in [2.24, 2.45) is 11.8 Å². The van der Waals surface area contributed by atoms with Gasteiger partial charge in [0.05, 0.1) is 11.3 Å². The van der Waals surface area contributed by atoms with Crippen molar-refractivity contribution >= 4 is 34.4 Å². The molecule has 146 valence electrons. The summed E-state index contributed by atoms with van der Waals surface area (Å²) in [5, 5.41) is 1.96. The van der Waals surface area contributed by atoms with E-state index < -0.39 is 0 Å². The van der Waals surface area contributed by atoms with Gasteiger partial charge < -0.3 is 4.90 Å². The van der Waals surface area contributed by atoms with Crippen molar-refractivity contribution in [2.75, 3.05) is 18.0 Å². The number of hydrogen-bond acceptors (Lipinski definition) is 4. The largest absolute Gasteiger partial charge is 0.366 e. The van der Waals surface area contributed by atoms with Gasteiger partial charge in [-0.15, -0.1) is 11.3 Å². The minimum atomic E-state index is -0.208. The molecule has 3 heterocycles. The summed E-state index contributed by atoms with van der Waals surface area (Å²) in [5.74, 6) is 0.597. The standard InChI is InChI=1S/C23H26N2O2S/c1-14-7-8-18(17(4)11-14)25-22(26)20(19-6-5-9-28-19)21(23(25)27)24-12-15(2)10-16(3)13-24/h5-9,11,15-16H,10,12-13H2,1-4H3. The van der Waals surface area contributed by atoms with Gasteiger partial charge >= 0.3 is 0 Å². The van der Waals surface area contributed by atoms with Crippen molar-refractivity contribution in [1.29, 1.82) is 0 Å². The van der Waals surface area contributed by atoms with Gasteiger partial charge in [0.25, 0.3) is 11.8 Å². The van der Waals surface area contributed by atoms with Gasteiger partial charge in [0, 0.05) is 18.0 Å². The Kier molecular flexibility index (Phi) is 4.88. The van der Waals surface area contributed by atoms with E-state index in [2.05, 4.69) is 18.7 Å². The van der Waals surface area contributed by atoms with Crippen LogP contribution in [0.4, 0.5) is 5.69 Å². The second kappa shape index (κ2) is 7.21. The summed E-state index contributed by atoms with van der Waals surface area (Å²) in [6.07, 6.45) is 1.15. The maximum absolute atomic E-state index is 13.6. The van der Waals surface area contributed by atoms with Gasteiger partial charge in [0.1, 0.15) is 5.70 Å². The highest BCUT2D eigenvalue weighted by Crippen LogP contribution is 2.39. The fourth-order valence-corrected chi connectivity index (χ4v) is 5.34. The Morgan fingerprint density at radius 1 is 1.00 bits per heavy atom. The summed E-state index contributed by atoms with van der Waals surface area (Å²) in [6.45, 7) is 10.0. The summed E-state index contributed by atoms with van der Waals surface area (Å²) in [7, 11) is 0. The maximum Gasteiger partial charge on any atom is 0.282 e. The predicted molar refractivity (Wildman–Crippen MR) is 114 cm³/mol. The molecule has 2 atom stereocenters. The van der Waals surface area contributed by atoms with Crippen LogP contribution in [0.1, 0.15) is 36.3 Å². The lowest BCUT2D eigenvalue weighted by molar-refractivity contribution is -0.120. The first-order valence-corrected chi connectivity index (χ1v) is 10.7. The van der Waals surface area contributed by atoms with Gasteiger partial charge in [-0.3, -0.25) is 9.59 Å².